The zero-order valence-corrected chi connectivity index (χ0v) is 18.9. The summed E-state index contributed by atoms with van der Waals surface area (Å²) in [5.74, 6) is 0. The maximum atomic E-state index is 13.7. The maximum absolute atomic E-state index is 13.7. The summed E-state index contributed by atoms with van der Waals surface area (Å²) in [4.78, 5) is 14.7. The fourth-order valence-electron chi connectivity index (χ4n) is 4.00. The van der Waals surface area contributed by atoms with Crippen molar-refractivity contribution < 1.29 is 17.9 Å². The van der Waals surface area contributed by atoms with Crippen molar-refractivity contribution in [2.24, 2.45) is 0 Å². The molecule has 0 spiro atoms. The lowest BCUT2D eigenvalue weighted by Crippen LogP contribution is -2.53. The Bertz CT molecular complexity index is 1050. The number of anilines is 1. The summed E-state index contributed by atoms with van der Waals surface area (Å²) in [5, 5.41) is 0. The fourth-order valence-corrected chi connectivity index (χ4v) is 6.80. The number of nitrogens with zero attached hydrogens (tertiary/aromatic N) is 2. The van der Waals surface area contributed by atoms with E-state index in [0.29, 0.717) is 18.7 Å². The molecule has 8 heteroatoms. The minimum atomic E-state index is -3.90. The molecule has 1 amide bonds. The van der Waals surface area contributed by atoms with Gasteiger partial charge in [0.2, 0.25) is 0 Å². The average Bonchev–Trinajstić information content (AvgIpc) is 3.12. The van der Waals surface area contributed by atoms with E-state index in [1.165, 1.54) is 9.21 Å². The summed E-state index contributed by atoms with van der Waals surface area (Å²) >= 11 is 3.81. The smallest absolute Gasteiger partial charge is 0.412 e. The number of para-hydroxylation sites is 1. The molecule has 154 valence electrons. The van der Waals surface area contributed by atoms with Crippen LogP contribution in [0.4, 0.5) is 10.5 Å². The number of alkyl halides is 1. The van der Waals surface area contributed by atoms with Crippen LogP contribution in [0.3, 0.4) is 0 Å². The highest BCUT2D eigenvalue weighted by molar-refractivity contribution is 9.09. The molecule has 1 fully saturated rings. The molecule has 2 aliphatic heterocycles. The Kier molecular flexibility index (Phi) is 4.70. The predicted octanol–water partition coefficient (Wildman–Crippen LogP) is 4.45. The van der Waals surface area contributed by atoms with Crippen LogP contribution < -0.4 is 4.31 Å². The molecule has 1 saturated heterocycles. The van der Waals surface area contributed by atoms with E-state index < -0.39 is 32.2 Å². The number of sulfonamides is 1. The normalized spacial score (nSPS) is 23.7. The number of hydrogen-bond donors (Lipinski definition) is 0. The van der Waals surface area contributed by atoms with Crippen LogP contribution in [0, 0.1) is 0 Å². The molecule has 29 heavy (non-hydrogen) atoms. The zero-order valence-electron chi connectivity index (χ0n) is 16.5. The van der Waals surface area contributed by atoms with Gasteiger partial charge < -0.3 is 4.74 Å². The van der Waals surface area contributed by atoms with E-state index in [2.05, 4.69) is 15.9 Å². The number of benzene rings is 2. The van der Waals surface area contributed by atoms with E-state index in [4.69, 9.17) is 4.74 Å². The lowest BCUT2D eigenvalue weighted by molar-refractivity contribution is 0.0229. The molecule has 0 radical (unpaired) electrons. The topological polar surface area (TPSA) is 66.9 Å². The number of likely N-dealkylation sites (tertiary alicyclic amines) is 1. The highest BCUT2D eigenvalue weighted by Gasteiger charge is 2.61. The Hall–Kier alpha value is -2.06. The lowest BCUT2D eigenvalue weighted by Gasteiger charge is -2.35. The fraction of sp³-hybridized carbons (Fsp3) is 0.381. The summed E-state index contributed by atoms with van der Waals surface area (Å²) in [7, 11) is -3.90. The summed E-state index contributed by atoms with van der Waals surface area (Å²) in [6, 6.07) is 15.7. The first kappa shape index (κ1) is 20.2. The average molecular weight is 479 g/mol. The monoisotopic (exact) mass is 478 g/mol. The van der Waals surface area contributed by atoms with Crippen LogP contribution in [0.25, 0.3) is 0 Å². The van der Waals surface area contributed by atoms with Crippen molar-refractivity contribution >= 4 is 37.7 Å². The summed E-state index contributed by atoms with van der Waals surface area (Å²) in [5.41, 5.74) is 0.755. The third-order valence-corrected chi connectivity index (χ3v) is 8.18. The van der Waals surface area contributed by atoms with Gasteiger partial charge in [-0.25, -0.2) is 17.5 Å². The number of hydrogen-bond acceptors (Lipinski definition) is 4. The van der Waals surface area contributed by atoms with Crippen molar-refractivity contribution in [2.75, 3.05) is 10.8 Å². The molecule has 0 aliphatic carbocycles. The molecular weight excluding hydrogens is 456 g/mol. The first-order chi connectivity index (χ1) is 13.6. The van der Waals surface area contributed by atoms with Crippen molar-refractivity contribution in [1.82, 2.24) is 4.90 Å². The largest absolute Gasteiger partial charge is 0.444 e. The van der Waals surface area contributed by atoms with E-state index in [0.717, 1.165) is 5.56 Å². The molecule has 2 aromatic rings. The van der Waals surface area contributed by atoms with Crippen molar-refractivity contribution in [1.29, 1.82) is 0 Å². The molecule has 0 aromatic heterocycles. The van der Waals surface area contributed by atoms with Gasteiger partial charge in [-0.15, -0.1) is 0 Å². The first-order valence-corrected chi connectivity index (χ1v) is 11.7. The predicted molar refractivity (Wildman–Crippen MR) is 114 cm³/mol. The third kappa shape index (κ3) is 3.22. The van der Waals surface area contributed by atoms with Gasteiger partial charge in [0.1, 0.15) is 11.8 Å². The Morgan fingerprint density at radius 1 is 1.10 bits per heavy atom. The second-order valence-electron chi connectivity index (χ2n) is 8.29. The van der Waals surface area contributed by atoms with E-state index in [-0.39, 0.29) is 4.90 Å². The van der Waals surface area contributed by atoms with Crippen molar-refractivity contribution in [3.8, 4) is 0 Å². The van der Waals surface area contributed by atoms with Crippen LogP contribution in [-0.4, -0.2) is 37.7 Å². The Morgan fingerprint density at radius 2 is 1.72 bits per heavy atom. The quantitative estimate of drug-likeness (QED) is 0.597. The summed E-state index contributed by atoms with van der Waals surface area (Å²) < 4.78 is 33.6. The Balaban J connectivity index is 1.86. The number of rotatable bonds is 2. The zero-order chi connectivity index (χ0) is 21.0. The molecule has 0 N–H and O–H groups in total. The van der Waals surface area contributed by atoms with Gasteiger partial charge in [-0.3, -0.25) is 4.90 Å². The van der Waals surface area contributed by atoms with Gasteiger partial charge in [0, 0.05) is 6.54 Å². The van der Waals surface area contributed by atoms with E-state index in [1.54, 1.807) is 57.2 Å². The SMILES string of the molecule is CC(C)(C)OC(=O)N1CC[C@]2(Br)c3ccccc3N(S(=O)(=O)c3ccccc3)[C@H]12. The van der Waals surface area contributed by atoms with Gasteiger partial charge in [-0.2, -0.15) is 0 Å². The standard InChI is InChI=1S/C21H23BrN2O4S/c1-20(2,3)28-19(25)23-14-13-21(22)16-11-7-8-12-17(16)24(18(21)23)29(26,27)15-9-5-4-6-10-15/h4-12,18H,13-14H2,1-3H3/t18-,21-/m0/s1. The summed E-state index contributed by atoms with van der Waals surface area (Å²) in [6.45, 7) is 5.78. The van der Waals surface area contributed by atoms with Crippen molar-refractivity contribution in [3.05, 3.63) is 60.2 Å². The van der Waals surface area contributed by atoms with Gasteiger partial charge in [-0.05, 0) is 51.0 Å². The van der Waals surface area contributed by atoms with Crippen LogP contribution in [0.1, 0.15) is 32.8 Å². The van der Waals surface area contributed by atoms with Gasteiger partial charge in [-0.1, -0.05) is 52.3 Å². The van der Waals surface area contributed by atoms with Crippen molar-refractivity contribution in [3.63, 3.8) is 0 Å². The number of ether oxygens (including phenoxy) is 1. The molecule has 0 bridgehead atoms. The Labute approximate surface area is 179 Å². The molecule has 2 heterocycles. The number of fused-ring (bicyclic) bond motifs is 3. The molecule has 6 nitrogen and oxygen atoms in total. The third-order valence-electron chi connectivity index (χ3n) is 5.16. The van der Waals surface area contributed by atoms with Gasteiger partial charge in [0.05, 0.1) is 14.9 Å². The molecular formula is C21H23BrN2O4S. The molecule has 2 atom stereocenters. The number of carbonyl (C=O) groups is 1. The van der Waals surface area contributed by atoms with Crippen LogP contribution in [-0.2, 0) is 19.1 Å². The van der Waals surface area contributed by atoms with Gasteiger partial charge >= 0.3 is 6.09 Å². The maximum Gasteiger partial charge on any atom is 0.412 e. The molecule has 2 aliphatic rings. The highest BCUT2D eigenvalue weighted by atomic mass is 79.9. The molecule has 0 unspecified atom stereocenters. The first-order valence-electron chi connectivity index (χ1n) is 9.43. The second-order valence-corrected chi connectivity index (χ2v) is 11.5. The van der Waals surface area contributed by atoms with Gasteiger partial charge in [0.15, 0.2) is 0 Å². The summed E-state index contributed by atoms with van der Waals surface area (Å²) in [6.07, 6.45) is -0.695. The minimum absolute atomic E-state index is 0.183. The van der Waals surface area contributed by atoms with E-state index in [9.17, 15) is 13.2 Å². The number of carbonyl (C=O) groups excluding carboxylic acids is 1. The van der Waals surface area contributed by atoms with Crippen LogP contribution in [0.15, 0.2) is 59.5 Å². The van der Waals surface area contributed by atoms with E-state index in [1.807, 2.05) is 18.2 Å². The Morgan fingerprint density at radius 3 is 2.38 bits per heavy atom. The molecule has 0 saturated carbocycles. The van der Waals surface area contributed by atoms with Crippen LogP contribution in [0.2, 0.25) is 0 Å². The molecule has 4 rings (SSSR count). The van der Waals surface area contributed by atoms with Crippen molar-refractivity contribution in [2.45, 2.75) is 48.2 Å². The highest BCUT2D eigenvalue weighted by Crippen LogP contribution is 2.57. The van der Waals surface area contributed by atoms with E-state index >= 15 is 0 Å². The van der Waals surface area contributed by atoms with Crippen LogP contribution >= 0.6 is 15.9 Å². The van der Waals surface area contributed by atoms with Crippen LogP contribution in [0.5, 0.6) is 0 Å². The minimum Gasteiger partial charge on any atom is -0.444 e. The van der Waals surface area contributed by atoms with Gasteiger partial charge in [0.25, 0.3) is 10.0 Å². The molecule has 2 aromatic carbocycles. The second kappa shape index (κ2) is 6.74. The lowest BCUT2D eigenvalue weighted by atomic mass is 9.98. The number of halogens is 1. The number of amides is 1.